The molecule has 2 heterocycles. The van der Waals surface area contributed by atoms with Gasteiger partial charge in [-0.15, -0.1) is 0 Å². The van der Waals surface area contributed by atoms with Crippen molar-refractivity contribution in [2.45, 2.75) is 25.7 Å². The molecule has 1 aromatic heterocycles. The summed E-state index contributed by atoms with van der Waals surface area (Å²) in [4.78, 5) is 14.0. The number of carbonyl (C=O) groups is 1. The van der Waals surface area contributed by atoms with E-state index in [0.29, 0.717) is 6.54 Å². The van der Waals surface area contributed by atoms with Gasteiger partial charge in [-0.2, -0.15) is 0 Å². The molecular weight excluding hydrogens is 234 g/mol. The van der Waals surface area contributed by atoms with Gasteiger partial charge in [0.05, 0.1) is 0 Å². The van der Waals surface area contributed by atoms with Gasteiger partial charge in [-0.05, 0) is 36.2 Å². The maximum Gasteiger partial charge on any atom is 0.277 e. The van der Waals surface area contributed by atoms with E-state index in [0.717, 1.165) is 19.6 Å². The Bertz CT molecular complexity index is 385. The lowest BCUT2D eigenvalue weighted by Gasteiger charge is -2.19. The fraction of sp³-hybridized carbons (Fsp3) is 0.727. The highest BCUT2D eigenvalue weighted by Crippen LogP contribution is 2.08. The van der Waals surface area contributed by atoms with Crippen LogP contribution in [0, 0.1) is 0 Å². The van der Waals surface area contributed by atoms with Crippen LogP contribution in [0.1, 0.15) is 36.2 Å². The molecular formula is C11H19N5O2. The minimum absolute atomic E-state index is 0.0299. The van der Waals surface area contributed by atoms with Crippen molar-refractivity contribution in [2.24, 2.45) is 0 Å². The molecule has 18 heavy (non-hydrogen) atoms. The lowest BCUT2D eigenvalue weighted by Crippen LogP contribution is -2.35. The Morgan fingerprint density at radius 1 is 1.28 bits per heavy atom. The van der Waals surface area contributed by atoms with Crippen LogP contribution in [0.4, 0.5) is 5.82 Å². The molecule has 0 radical (unpaired) electrons. The minimum atomic E-state index is -0.330. The van der Waals surface area contributed by atoms with Gasteiger partial charge >= 0.3 is 0 Å². The number of hydrogen-bond acceptors (Lipinski definition) is 6. The first kappa shape index (κ1) is 12.8. The van der Waals surface area contributed by atoms with Crippen LogP contribution in [0.5, 0.6) is 0 Å². The number of rotatable bonds is 4. The third-order valence-corrected chi connectivity index (χ3v) is 3.14. The van der Waals surface area contributed by atoms with E-state index in [-0.39, 0.29) is 17.4 Å². The number of anilines is 1. The Kier molecular flexibility index (Phi) is 4.52. The van der Waals surface area contributed by atoms with E-state index in [9.17, 15) is 4.79 Å². The van der Waals surface area contributed by atoms with Crippen LogP contribution in [0.15, 0.2) is 4.63 Å². The van der Waals surface area contributed by atoms with Crippen LogP contribution in [-0.2, 0) is 0 Å². The molecule has 1 aliphatic rings. The van der Waals surface area contributed by atoms with Crippen molar-refractivity contribution in [3.05, 3.63) is 5.69 Å². The summed E-state index contributed by atoms with van der Waals surface area (Å²) in [5.41, 5.74) is 5.50. The summed E-state index contributed by atoms with van der Waals surface area (Å²) in [6, 6.07) is 0. The first-order chi connectivity index (χ1) is 8.77. The van der Waals surface area contributed by atoms with Crippen molar-refractivity contribution in [1.82, 2.24) is 20.5 Å². The van der Waals surface area contributed by atoms with Gasteiger partial charge in [0.2, 0.25) is 11.5 Å². The number of hydrogen-bond donors (Lipinski definition) is 2. The first-order valence-corrected chi connectivity index (χ1v) is 6.36. The molecule has 0 atom stereocenters. The maximum atomic E-state index is 11.7. The van der Waals surface area contributed by atoms with Crippen molar-refractivity contribution in [2.75, 3.05) is 31.9 Å². The minimum Gasteiger partial charge on any atom is -0.379 e. The van der Waals surface area contributed by atoms with Gasteiger partial charge in [0.1, 0.15) is 0 Å². The molecule has 7 heteroatoms. The van der Waals surface area contributed by atoms with Crippen molar-refractivity contribution in [1.29, 1.82) is 0 Å². The summed E-state index contributed by atoms with van der Waals surface area (Å²) in [5, 5.41) is 9.60. The lowest BCUT2D eigenvalue weighted by molar-refractivity contribution is 0.0939. The molecule has 1 aliphatic heterocycles. The molecule has 1 fully saturated rings. The van der Waals surface area contributed by atoms with Gasteiger partial charge in [-0.1, -0.05) is 12.8 Å². The number of aromatic nitrogens is 2. The fourth-order valence-corrected chi connectivity index (χ4v) is 2.12. The van der Waals surface area contributed by atoms with E-state index in [1.807, 2.05) is 0 Å². The number of nitrogens with two attached hydrogens (primary N) is 1. The summed E-state index contributed by atoms with van der Waals surface area (Å²) in [7, 11) is 0. The SMILES string of the molecule is Nc1nonc1C(=O)NCCN1CCCCCC1. The van der Waals surface area contributed by atoms with Gasteiger partial charge in [-0.3, -0.25) is 4.79 Å². The lowest BCUT2D eigenvalue weighted by atomic mass is 10.2. The number of nitrogen functional groups attached to an aromatic ring is 1. The topological polar surface area (TPSA) is 97.3 Å². The zero-order valence-electron chi connectivity index (χ0n) is 10.4. The Balaban J connectivity index is 1.71. The van der Waals surface area contributed by atoms with E-state index in [4.69, 9.17) is 5.73 Å². The van der Waals surface area contributed by atoms with Gasteiger partial charge in [0.15, 0.2) is 0 Å². The quantitative estimate of drug-likeness (QED) is 0.798. The number of carbonyl (C=O) groups excluding carboxylic acids is 1. The molecule has 1 saturated heterocycles. The molecule has 7 nitrogen and oxygen atoms in total. The zero-order valence-corrected chi connectivity index (χ0v) is 10.4. The highest BCUT2D eigenvalue weighted by Gasteiger charge is 2.15. The largest absolute Gasteiger partial charge is 0.379 e. The summed E-state index contributed by atoms with van der Waals surface area (Å²) in [6.07, 6.45) is 5.11. The third-order valence-electron chi connectivity index (χ3n) is 3.14. The Morgan fingerprint density at radius 3 is 2.61 bits per heavy atom. The van der Waals surface area contributed by atoms with Crippen molar-refractivity contribution in [3.8, 4) is 0 Å². The smallest absolute Gasteiger partial charge is 0.277 e. The van der Waals surface area contributed by atoms with E-state index in [2.05, 4.69) is 25.2 Å². The molecule has 0 unspecified atom stereocenters. The first-order valence-electron chi connectivity index (χ1n) is 6.36. The Morgan fingerprint density at radius 2 is 2.00 bits per heavy atom. The molecule has 0 bridgehead atoms. The summed E-state index contributed by atoms with van der Waals surface area (Å²) >= 11 is 0. The van der Waals surface area contributed by atoms with Crippen molar-refractivity contribution in [3.63, 3.8) is 0 Å². The second kappa shape index (κ2) is 6.34. The van der Waals surface area contributed by atoms with Crippen molar-refractivity contribution < 1.29 is 9.42 Å². The highest BCUT2D eigenvalue weighted by atomic mass is 16.6. The van der Waals surface area contributed by atoms with E-state index < -0.39 is 0 Å². The number of likely N-dealkylation sites (tertiary alicyclic amines) is 1. The normalized spacial score (nSPS) is 17.3. The zero-order chi connectivity index (χ0) is 12.8. The molecule has 0 saturated carbocycles. The molecule has 3 N–H and O–H groups in total. The van der Waals surface area contributed by atoms with Crippen LogP contribution < -0.4 is 11.1 Å². The predicted octanol–water partition coefficient (Wildman–Crippen LogP) is 0.258. The fourth-order valence-electron chi connectivity index (χ4n) is 2.12. The van der Waals surface area contributed by atoms with Crippen LogP contribution in [0.25, 0.3) is 0 Å². The van der Waals surface area contributed by atoms with Crippen LogP contribution in [0.3, 0.4) is 0 Å². The van der Waals surface area contributed by atoms with E-state index >= 15 is 0 Å². The monoisotopic (exact) mass is 253 g/mol. The molecule has 0 spiro atoms. The molecule has 0 aliphatic carbocycles. The van der Waals surface area contributed by atoms with Crippen LogP contribution >= 0.6 is 0 Å². The maximum absolute atomic E-state index is 11.7. The van der Waals surface area contributed by atoms with E-state index in [1.54, 1.807) is 0 Å². The van der Waals surface area contributed by atoms with Crippen LogP contribution in [0.2, 0.25) is 0 Å². The molecule has 100 valence electrons. The average molecular weight is 253 g/mol. The summed E-state index contributed by atoms with van der Waals surface area (Å²) < 4.78 is 4.38. The Labute approximate surface area is 106 Å². The van der Waals surface area contributed by atoms with Gasteiger partial charge in [0, 0.05) is 13.1 Å². The number of nitrogens with one attached hydrogen (secondary N) is 1. The summed E-state index contributed by atoms with van der Waals surface area (Å²) in [6.45, 7) is 3.68. The van der Waals surface area contributed by atoms with Gasteiger partial charge in [0.25, 0.3) is 5.91 Å². The van der Waals surface area contributed by atoms with Gasteiger partial charge < -0.3 is 16.0 Å². The van der Waals surface area contributed by atoms with Gasteiger partial charge in [-0.25, -0.2) is 4.63 Å². The predicted molar refractivity (Wildman–Crippen MR) is 66.0 cm³/mol. The van der Waals surface area contributed by atoms with E-state index in [1.165, 1.54) is 25.7 Å². The third kappa shape index (κ3) is 3.43. The van der Waals surface area contributed by atoms with Crippen LogP contribution in [-0.4, -0.2) is 47.3 Å². The molecule has 1 amide bonds. The number of nitrogens with zero attached hydrogens (tertiary/aromatic N) is 3. The second-order valence-corrected chi connectivity index (χ2v) is 4.51. The standard InChI is InChI=1S/C11H19N5O2/c12-10-9(14-18-15-10)11(17)13-5-8-16-6-3-1-2-4-7-16/h1-8H2,(H2,12,15)(H,13,17). The number of amides is 1. The second-order valence-electron chi connectivity index (χ2n) is 4.51. The summed E-state index contributed by atoms with van der Waals surface area (Å²) in [5.74, 6) is -0.300. The van der Waals surface area contributed by atoms with Crippen molar-refractivity contribution >= 4 is 11.7 Å². The average Bonchev–Trinajstić information content (AvgIpc) is 2.63. The highest BCUT2D eigenvalue weighted by molar-refractivity contribution is 5.95. The molecule has 1 aromatic rings. The molecule has 0 aromatic carbocycles. The molecule has 2 rings (SSSR count). The Hall–Kier alpha value is -1.63.